The number of phenols is 2. The summed E-state index contributed by atoms with van der Waals surface area (Å²) in [5.41, 5.74) is 0.0649. The first-order chi connectivity index (χ1) is 13.5. The van der Waals surface area contributed by atoms with Crippen molar-refractivity contribution in [3.8, 4) is 11.5 Å². The zero-order chi connectivity index (χ0) is 20.3. The van der Waals surface area contributed by atoms with Gasteiger partial charge in [-0.1, -0.05) is 69.7 Å². The van der Waals surface area contributed by atoms with E-state index in [1.54, 1.807) is 12.1 Å². The van der Waals surface area contributed by atoms with Crippen LogP contribution in [0.15, 0.2) is 30.3 Å². The van der Waals surface area contributed by atoms with E-state index in [1.807, 2.05) is 0 Å². The minimum atomic E-state index is -1.01. The van der Waals surface area contributed by atoms with E-state index in [0.29, 0.717) is 6.42 Å². The number of ketones is 2. The number of unbranched alkanes of at least 4 members (excludes halogenated alkanes) is 5. The van der Waals surface area contributed by atoms with E-state index in [2.05, 4.69) is 6.92 Å². The fourth-order valence-corrected chi connectivity index (χ4v) is 3.81. The molecule has 0 spiro atoms. The van der Waals surface area contributed by atoms with Gasteiger partial charge >= 0.3 is 0 Å². The number of hydrogen-bond acceptors (Lipinski definition) is 5. The van der Waals surface area contributed by atoms with Crippen LogP contribution >= 0.6 is 0 Å². The molecule has 1 atom stereocenters. The first-order valence-electron chi connectivity index (χ1n) is 9.92. The molecule has 0 aromatic heterocycles. The predicted molar refractivity (Wildman–Crippen MR) is 106 cm³/mol. The van der Waals surface area contributed by atoms with Gasteiger partial charge in [-0.05, 0) is 12.5 Å². The minimum Gasteiger partial charge on any atom is -0.507 e. The molecule has 3 rings (SSSR count). The molecule has 3 N–H and O–H groups in total. The number of aliphatic hydroxyl groups is 1. The van der Waals surface area contributed by atoms with Crippen LogP contribution in [0.4, 0.5) is 0 Å². The largest absolute Gasteiger partial charge is 0.507 e. The Bertz CT molecular complexity index is 900. The van der Waals surface area contributed by atoms with Crippen LogP contribution in [0.3, 0.4) is 0 Å². The minimum absolute atomic E-state index is 0.0883. The normalized spacial score (nSPS) is 13.9. The Kier molecular flexibility index (Phi) is 6.15. The van der Waals surface area contributed by atoms with Crippen molar-refractivity contribution in [1.29, 1.82) is 0 Å². The Hall–Kier alpha value is -2.66. The molecular formula is C23H26O5. The second-order valence-electron chi connectivity index (χ2n) is 7.36. The van der Waals surface area contributed by atoms with Crippen LogP contribution in [0.2, 0.25) is 0 Å². The molecule has 0 saturated carbocycles. The molecule has 28 heavy (non-hydrogen) atoms. The van der Waals surface area contributed by atoms with Crippen molar-refractivity contribution in [2.45, 2.75) is 58.0 Å². The van der Waals surface area contributed by atoms with Crippen LogP contribution in [-0.4, -0.2) is 26.9 Å². The molecule has 0 fully saturated rings. The summed E-state index contributed by atoms with van der Waals surface area (Å²) in [7, 11) is 0. The maximum atomic E-state index is 12.9. The summed E-state index contributed by atoms with van der Waals surface area (Å²) in [4.78, 5) is 25.6. The third-order valence-electron chi connectivity index (χ3n) is 5.37. The quantitative estimate of drug-likeness (QED) is 0.389. The number of carbonyl (C=O) groups excluding carboxylic acids is 2. The maximum Gasteiger partial charge on any atom is 0.198 e. The monoisotopic (exact) mass is 382 g/mol. The molecule has 1 unspecified atom stereocenters. The van der Waals surface area contributed by atoms with Gasteiger partial charge in [-0.25, -0.2) is 0 Å². The van der Waals surface area contributed by atoms with Crippen molar-refractivity contribution in [1.82, 2.24) is 0 Å². The van der Waals surface area contributed by atoms with Crippen molar-refractivity contribution < 1.29 is 24.9 Å². The van der Waals surface area contributed by atoms with E-state index >= 15 is 0 Å². The van der Waals surface area contributed by atoms with Gasteiger partial charge in [0.15, 0.2) is 11.6 Å². The second kappa shape index (κ2) is 8.57. The molecule has 0 heterocycles. The highest BCUT2D eigenvalue weighted by atomic mass is 16.3. The number of aromatic hydroxyl groups is 2. The summed E-state index contributed by atoms with van der Waals surface area (Å²) in [5.74, 6) is -1.83. The highest BCUT2D eigenvalue weighted by Gasteiger charge is 2.36. The van der Waals surface area contributed by atoms with E-state index in [4.69, 9.17) is 0 Å². The smallest absolute Gasteiger partial charge is 0.198 e. The number of hydrogen-bond donors (Lipinski definition) is 3. The zero-order valence-corrected chi connectivity index (χ0v) is 16.1. The van der Waals surface area contributed by atoms with Crippen LogP contribution in [0, 0.1) is 0 Å². The number of aliphatic hydroxyl groups excluding tert-OH is 1. The zero-order valence-electron chi connectivity index (χ0n) is 16.1. The molecule has 2 aromatic carbocycles. The predicted octanol–water partition coefficient (Wildman–Crippen LogP) is 4.66. The van der Waals surface area contributed by atoms with E-state index in [-0.39, 0.29) is 27.8 Å². The van der Waals surface area contributed by atoms with Crippen molar-refractivity contribution >= 4 is 11.6 Å². The van der Waals surface area contributed by atoms with Gasteiger partial charge in [0.2, 0.25) is 0 Å². The third-order valence-corrected chi connectivity index (χ3v) is 5.37. The van der Waals surface area contributed by atoms with Gasteiger partial charge in [0.1, 0.15) is 11.5 Å². The molecule has 0 saturated heterocycles. The first kappa shape index (κ1) is 20.1. The summed E-state index contributed by atoms with van der Waals surface area (Å²) >= 11 is 0. The average molecular weight is 382 g/mol. The summed E-state index contributed by atoms with van der Waals surface area (Å²) in [6, 6.07) is 7.54. The van der Waals surface area contributed by atoms with Gasteiger partial charge in [-0.15, -0.1) is 0 Å². The van der Waals surface area contributed by atoms with Gasteiger partial charge in [0, 0.05) is 16.7 Å². The van der Waals surface area contributed by atoms with Gasteiger partial charge in [-0.2, -0.15) is 0 Å². The summed E-state index contributed by atoms with van der Waals surface area (Å²) in [6.45, 7) is 2.15. The van der Waals surface area contributed by atoms with Crippen molar-refractivity contribution in [2.24, 2.45) is 0 Å². The number of fused-ring (bicyclic) bond motifs is 2. The van der Waals surface area contributed by atoms with Crippen molar-refractivity contribution in [3.63, 3.8) is 0 Å². The van der Waals surface area contributed by atoms with E-state index < -0.39 is 29.2 Å². The lowest BCUT2D eigenvalue weighted by Gasteiger charge is -2.22. The lowest BCUT2D eigenvalue weighted by molar-refractivity contribution is 0.0972. The average Bonchev–Trinajstić information content (AvgIpc) is 2.70. The van der Waals surface area contributed by atoms with Gasteiger partial charge in [0.25, 0.3) is 0 Å². The van der Waals surface area contributed by atoms with E-state index in [1.165, 1.54) is 31.0 Å². The molecule has 0 radical (unpaired) electrons. The molecule has 0 amide bonds. The van der Waals surface area contributed by atoms with Crippen LogP contribution in [0.1, 0.15) is 95.4 Å². The Morgan fingerprint density at radius 2 is 1.43 bits per heavy atom. The molecule has 5 nitrogen and oxygen atoms in total. The van der Waals surface area contributed by atoms with Crippen LogP contribution in [0.5, 0.6) is 11.5 Å². The topological polar surface area (TPSA) is 94.8 Å². The van der Waals surface area contributed by atoms with Crippen LogP contribution in [0.25, 0.3) is 0 Å². The van der Waals surface area contributed by atoms with Gasteiger partial charge in [0.05, 0.1) is 17.2 Å². The molecular weight excluding hydrogens is 356 g/mol. The summed E-state index contributed by atoms with van der Waals surface area (Å²) in [6.07, 6.45) is 5.76. The first-order valence-corrected chi connectivity index (χ1v) is 9.92. The fourth-order valence-electron chi connectivity index (χ4n) is 3.81. The Labute approximate surface area is 164 Å². The van der Waals surface area contributed by atoms with Crippen LogP contribution in [-0.2, 0) is 0 Å². The SMILES string of the molecule is CCCCCCCCC(O)c1cc(O)c2c(c1O)C(=O)c1ccccc1C2=O. The molecule has 148 valence electrons. The Balaban J connectivity index is 1.85. The second-order valence-corrected chi connectivity index (χ2v) is 7.36. The Morgan fingerprint density at radius 1 is 0.857 bits per heavy atom. The van der Waals surface area contributed by atoms with Crippen molar-refractivity contribution in [3.05, 3.63) is 58.1 Å². The van der Waals surface area contributed by atoms with Crippen LogP contribution < -0.4 is 0 Å². The van der Waals surface area contributed by atoms with Gasteiger partial charge in [-0.3, -0.25) is 9.59 Å². The third kappa shape index (κ3) is 3.67. The standard InChI is InChI=1S/C23H26O5/c1-2-3-4-5-6-7-12-17(24)16-13-18(25)19-20(23(16)28)22(27)15-11-9-8-10-14(15)21(19)26/h8-11,13,17,24-25,28H,2-7,12H2,1H3. The van der Waals surface area contributed by atoms with Gasteiger partial charge < -0.3 is 15.3 Å². The maximum absolute atomic E-state index is 12.9. The lowest BCUT2D eigenvalue weighted by atomic mass is 9.81. The highest BCUT2D eigenvalue weighted by molar-refractivity contribution is 6.30. The van der Waals surface area contributed by atoms with E-state index in [0.717, 1.165) is 25.7 Å². The summed E-state index contributed by atoms with van der Waals surface area (Å²) < 4.78 is 0. The molecule has 1 aliphatic carbocycles. The molecule has 5 heteroatoms. The number of benzene rings is 2. The fraction of sp³-hybridized carbons (Fsp3) is 0.391. The van der Waals surface area contributed by atoms with Crippen molar-refractivity contribution in [2.75, 3.05) is 0 Å². The number of rotatable bonds is 8. The highest BCUT2D eigenvalue weighted by Crippen LogP contribution is 2.42. The number of phenolic OH excluding ortho intramolecular Hbond substituents is 2. The molecule has 0 bridgehead atoms. The lowest BCUT2D eigenvalue weighted by Crippen LogP contribution is -2.22. The summed E-state index contributed by atoms with van der Waals surface area (Å²) in [5, 5.41) is 31.6. The molecule has 2 aromatic rings. The molecule has 1 aliphatic rings. The molecule has 0 aliphatic heterocycles. The Morgan fingerprint density at radius 3 is 2.07 bits per heavy atom. The van der Waals surface area contributed by atoms with E-state index in [9.17, 15) is 24.9 Å². The number of carbonyl (C=O) groups is 2.